The van der Waals surface area contributed by atoms with E-state index in [-0.39, 0.29) is 38.6 Å². The monoisotopic (exact) mass is 1050 g/mol. The number of aliphatic hydroxyl groups excluding tert-OH is 2. The van der Waals surface area contributed by atoms with Crippen LogP contribution in [0, 0.1) is 0 Å². The molecule has 0 fully saturated rings. The summed E-state index contributed by atoms with van der Waals surface area (Å²) in [6, 6.07) is -4.92. The zero-order valence-electron chi connectivity index (χ0n) is 42.3. The van der Waals surface area contributed by atoms with Crippen LogP contribution in [0.15, 0.2) is 30.3 Å². The van der Waals surface area contributed by atoms with Crippen LogP contribution in [0.1, 0.15) is 91.5 Å². The number of amides is 11. The number of nitrogens with two attached hydrogens (primary N) is 3. The minimum atomic E-state index is -1.78. The Morgan fingerprint density at radius 1 is 0.527 bits per heavy atom. The van der Waals surface area contributed by atoms with E-state index < -0.39 is 151 Å². The molecule has 19 N–H and O–H groups in total. The van der Waals surface area contributed by atoms with E-state index in [1.807, 2.05) is 0 Å². The average molecular weight is 1050 g/mol. The predicted molar refractivity (Wildman–Crippen MR) is 264 cm³/mol. The van der Waals surface area contributed by atoms with Crippen LogP contribution in [0.3, 0.4) is 0 Å². The van der Waals surface area contributed by atoms with E-state index in [0.29, 0.717) is 31.4 Å². The highest BCUT2D eigenvalue weighted by Gasteiger charge is 2.35. The molecule has 1 rings (SSSR count). The third kappa shape index (κ3) is 24.9. The number of aliphatic hydroxyl groups is 2. The molecule has 11 amide bonds. The Balaban J connectivity index is 3.27. The zero-order chi connectivity index (χ0) is 56.1. The first-order valence-corrected chi connectivity index (χ1v) is 24.1. The van der Waals surface area contributed by atoms with E-state index in [2.05, 4.69) is 53.2 Å². The highest BCUT2D eigenvalue weighted by molar-refractivity contribution is 5.98. The predicted octanol–water partition coefficient (Wildman–Crippen LogP) is -6.23. The fraction of sp³-hybridized carbons (Fsp3) is 0.609. The van der Waals surface area contributed by atoms with Crippen molar-refractivity contribution in [1.82, 2.24) is 53.2 Å². The van der Waals surface area contributed by atoms with Crippen molar-refractivity contribution in [3.63, 3.8) is 0 Å². The van der Waals surface area contributed by atoms with Crippen molar-refractivity contribution in [3.8, 4) is 0 Å². The van der Waals surface area contributed by atoms with Gasteiger partial charge >= 0.3 is 5.97 Å². The quantitative estimate of drug-likeness (QED) is 0.0281. The van der Waals surface area contributed by atoms with Crippen molar-refractivity contribution in [3.05, 3.63) is 35.9 Å². The molecule has 28 nitrogen and oxygen atoms in total. The number of hydrogen-bond acceptors (Lipinski definition) is 16. The molecule has 0 aliphatic carbocycles. The van der Waals surface area contributed by atoms with Crippen molar-refractivity contribution >= 4 is 70.9 Å². The number of carbonyl (C=O) groups excluding carboxylic acids is 11. The molecular formula is C46H75N13O15. The number of carboxylic acids is 1. The smallest absolute Gasteiger partial charge is 0.326 e. The third-order valence-corrected chi connectivity index (χ3v) is 11.0. The number of nitrogens with one attached hydrogen (secondary N) is 10. The van der Waals surface area contributed by atoms with Crippen molar-refractivity contribution in [1.29, 1.82) is 0 Å². The molecule has 1 aromatic carbocycles. The molecule has 0 aliphatic rings. The molecule has 28 heteroatoms. The second-order valence-corrected chi connectivity index (χ2v) is 17.5. The van der Waals surface area contributed by atoms with Crippen LogP contribution in [0.5, 0.6) is 0 Å². The standard InChI is InChI=1S/C46H75N13O15/c1-24(51-36(64)22-50-28(5)62)39(66)54-31(17-18-35(49)63)41(68)57-33(21-29-13-7-6-8-14-29)43(70)58-34(23-60)44(71)55-30(15-9-11-19-47)42(69)59-37(27(4)61)45(72)53-25(2)38(65)52-26(3)40(67)56-32(46(73)74)16-10-12-20-48/h6-8,13-14,24-27,30-34,37,60-61H,9-12,15-23,47-48H2,1-5H3,(H2,49,63)(H,50,62)(H,51,64)(H,52,65)(H,53,72)(H,54,66)(H,55,71)(H,56,67)(H,57,68)(H,58,70)(H,59,69)(H,73,74). The fourth-order valence-corrected chi connectivity index (χ4v) is 6.73. The van der Waals surface area contributed by atoms with Crippen LogP contribution in [0.25, 0.3) is 0 Å². The lowest BCUT2D eigenvalue weighted by Gasteiger charge is -2.28. The maximum atomic E-state index is 14.0. The summed E-state index contributed by atoms with van der Waals surface area (Å²) in [5.41, 5.74) is 16.9. The number of unbranched alkanes of at least 4 members (excludes halogenated alkanes) is 2. The Kier molecular flexibility index (Phi) is 29.9. The average Bonchev–Trinajstić information content (AvgIpc) is 3.34. The molecule has 0 radical (unpaired) electrons. The second kappa shape index (κ2) is 34.2. The van der Waals surface area contributed by atoms with E-state index in [9.17, 15) is 72.9 Å². The zero-order valence-corrected chi connectivity index (χ0v) is 42.3. The number of hydrogen-bond donors (Lipinski definition) is 16. The van der Waals surface area contributed by atoms with Gasteiger partial charge in [-0.3, -0.25) is 52.7 Å². The van der Waals surface area contributed by atoms with Gasteiger partial charge in [-0.1, -0.05) is 30.3 Å². The van der Waals surface area contributed by atoms with E-state index >= 15 is 0 Å². The fourth-order valence-electron chi connectivity index (χ4n) is 6.73. The molecule has 0 bridgehead atoms. The number of aliphatic carboxylic acids is 1. The Morgan fingerprint density at radius 2 is 0.959 bits per heavy atom. The van der Waals surface area contributed by atoms with Gasteiger partial charge in [0.1, 0.15) is 54.4 Å². The number of benzene rings is 1. The Bertz CT molecular complexity index is 2080. The summed E-state index contributed by atoms with van der Waals surface area (Å²) in [5.74, 6) is -11.1. The van der Waals surface area contributed by atoms with Crippen molar-refractivity contribution in [2.45, 2.75) is 153 Å². The van der Waals surface area contributed by atoms with Crippen molar-refractivity contribution in [2.75, 3.05) is 26.2 Å². The molecule has 0 spiro atoms. The summed E-state index contributed by atoms with van der Waals surface area (Å²) < 4.78 is 0. The van der Waals surface area contributed by atoms with Gasteiger partial charge < -0.3 is 85.7 Å². The number of carbonyl (C=O) groups is 12. The van der Waals surface area contributed by atoms with Gasteiger partial charge in [0.25, 0.3) is 0 Å². The molecule has 10 unspecified atom stereocenters. The minimum Gasteiger partial charge on any atom is -0.480 e. The Hall–Kier alpha value is -7.30. The number of carboxylic acid groups (broad SMARTS) is 1. The number of primary amides is 1. The van der Waals surface area contributed by atoms with Crippen molar-refractivity contribution in [2.24, 2.45) is 17.2 Å². The molecule has 1 aromatic rings. The Morgan fingerprint density at radius 3 is 1.47 bits per heavy atom. The number of rotatable bonds is 35. The first kappa shape index (κ1) is 64.7. The summed E-state index contributed by atoms with van der Waals surface area (Å²) in [6.45, 7) is 5.17. The minimum absolute atomic E-state index is 0.0927. The molecule has 10 atom stereocenters. The highest BCUT2D eigenvalue weighted by atomic mass is 16.4. The van der Waals surface area contributed by atoms with Gasteiger partial charge in [-0.05, 0) is 91.3 Å². The molecule has 74 heavy (non-hydrogen) atoms. The summed E-state index contributed by atoms with van der Waals surface area (Å²) in [6.07, 6.45) is -1.03. The van der Waals surface area contributed by atoms with Gasteiger partial charge in [-0.25, -0.2) is 4.79 Å². The van der Waals surface area contributed by atoms with Crippen molar-refractivity contribution < 1.29 is 72.9 Å². The van der Waals surface area contributed by atoms with Gasteiger partial charge in [0.2, 0.25) is 65.0 Å². The van der Waals surface area contributed by atoms with Gasteiger partial charge in [-0.15, -0.1) is 0 Å². The van der Waals surface area contributed by atoms with E-state index in [0.717, 1.165) is 6.92 Å². The van der Waals surface area contributed by atoms with Gasteiger partial charge in [-0.2, -0.15) is 0 Å². The lowest BCUT2D eigenvalue weighted by atomic mass is 10.0. The Labute approximate surface area is 428 Å². The van der Waals surface area contributed by atoms with Crippen LogP contribution in [-0.2, 0) is 64.0 Å². The highest BCUT2D eigenvalue weighted by Crippen LogP contribution is 2.09. The van der Waals surface area contributed by atoms with Crippen LogP contribution >= 0.6 is 0 Å². The normalized spacial score (nSPS) is 14.9. The lowest BCUT2D eigenvalue weighted by Crippen LogP contribution is -2.62. The second-order valence-electron chi connectivity index (χ2n) is 17.5. The maximum absolute atomic E-state index is 14.0. The van der Waals surface area contributed by atoms with Gasteiger partial charge in [0, 0.05) is 19.8 Å². The summed E-state index contributed by atoms with van der Waals surface area (Å²) in [4.78, 5) is 154. The van der Waals surface area contributed by atoms with Crippen LogP contribution in [0.4, 0.5) is 0 Å². The lowest BCUT2D eigenvalue weighted by molar-refractivity contribution is -0.142. The first-order valence-electron chi connectivity index (χ1n) is 24.1. The summed E-state index contributed by atoms with van der Waals surface area (Å²) >= 11 is 0. The largest absolute Gasteiger partial charge is 0.480 e. The maximum Gasteiger partial charge on any atom is 0.326 e. The SMILES string of the molecule is CC(=O)NCC(=O)NC(C)C(=O)NC(CCC(N)=O)C(=O)NC(Cc1ccccc1)C(=O)NC(CO)C(=O)NC(CCCCN)C(=O)NC(C(=O)NC(C)C(=O)NC(C)C(=O)NC(CCCCN)C(=O)O)C(C)O. The third-order valence-electron chi connectivity index (χ3n) is 11.0. The topological polar surface area (TPSA) is 464 Å². The molecule has 0 aliphatic heterocycles. The molecule has 0 saturated carbocycles. The first-order chi connectivity index (χ1) is 34.8. The molecule has 0 saturated heterocycles. The van der Waals surface area contributed by atoms with E-state index in [1.54, 1.807) is 30.3 Å². The van der Waals surface area contributed by atoms with E-state index in [4.69, 9.17) is 17.2 Å². The summed E-state index contributed by atoms with van der Waals surface area (Å²) in [5, 5.41) is 54.1. The van der Waals surface area contributed by atoms with Crippen LogP contribution in [0.2, 0.25) is 0 Å². The van der Waals surface area contributed by atoms with Gasteiger partial charge in [0.15, 0.2) is 0 Å². The molecule has 0 aromatic heterocycles. The van der Waals surface area contributed by atoms with Crippen LogP contribution in [-0.4, -0.2) is 173 Å². The van der Waals surface area contributed by atoms with Gasteiger partial charge in [0.05, 0.1) is 19.3 Å². The molecular weight excluding hydrogens is 975 g/mol. The molecule has 414 valence electrons. The summed E-state index contributed by atoms with van der Waals surface area (Å²) in [7, 11) is 0. The van der Waals surface area contributed by atoms with E-state index in [1.165, 1.54) is 27.7 Å². The molecule has 0 heterocycles. The van der Waals surface area contributed by atoms with Crippen LogP contribution < -0.4 is 70.4 Å².